The second-order valence-electron chi connectivity index (χ2n) is 5.28. The summed E-state index contributed by atoms with van der Waals surface area (Å²) < 4.78 is 11.7. The van der Waals surface area contributed by atoms with Crippen LogP contribution >= 0.6 is 11.8 Å². The quantitative estimate of drug-likeness (QED) is 0.732. The van der Waals surface area contributed by atoms with E-state index >= 15 is 0 Å². The summed E-state index contributed by atoms with van der Waals surface area (Å²) >= 11 is 1.45. The lowest BCUT2D eigenvalue weighted by Gasteiger charge is -2.22. The van der Waals surface area contributed by atoms with Crippen molar-refractivity contribution in [2.45, 2.75) is 10.7 Å². The molecule has 0 bridgehead atoms. The van der Waals surface area contributed by atoms with Gasteiger partial charge in [0, 0.05) is 17.1 Å². The standard InChI is InChI=1S/C18H18O2S2/c1-21-18(22(2)20)17(19)16-14-9-5-3-7-12(14)11-13-8-4-6-10-15(13)16/h3-11,17-19H,1-2H3. The second kappa shape index (κ2) is 6.41. The molecule has 0 aliphatic heterocycles. The number of thioether (sulfide) groups is 1. The maximum Gasteiger partial charge on any atom is 0.110 e. The lowest BCUT2D eigenvalue weighted by Crippen LogP contribution is -2.20. The zero-order valence-electron chi connectivity index (χ0n) is 12.5. The van der Waals surface area contributed by atoms with Gasteiger partial charge in [-0.3, -0.25) is 4.21 Å². The van der Waals surface area contributed by atoms with Gasteiger partial charge in [0.15, 0.2) is 0 Å². The van der Waals surface area contributed by atoms with Crippen LogP contribution in [0.5, 0.6) is 0 Å². The molecule has 0 amide bonds. The fourth-order valence-corrected chi connectivity index (χ4v) is 4.93. The molecule has 3 aromatic rings. The van der Waals surface area contributed by atoms with Gasteiger partial charge in [0.2, 0.25) is 0 Å². The number of fused-ring (bicyclic) bond motifs is 2. The predicted molar refractivity (Wildman–Crippen MR) is 97.8 cm³/mol. The van der Waals surface area contributed by atoms with Crippen molar-refractivity contribution in [3.8, 4) is 0 Å². The summed E-state index contributed by atoms with van der Waals surface area (Å²) in [5, 5.41) is 15.2. The number of rotatable bonds is 4. The van der Waals surface area contributed by atoms with Crippen LogP contribution < -0.4 is 0 Å². The topological polar surface area (TPSA) is 37.3 Å². The third-order valence-electron chi connectivity index (χ3n) is 3.93. The molecule has 0 fully saturated rings. The number of benzene rings is 3. The molecule has 3 rings (SSSR count). The van der Waals surface area contributed by atoms with Gasteiger partial charge in [0.05, 0.1) is 0 Å². The molecule has 0 spiro atoms. The Morgan fingerprint density at radius 1 is 1.00 bits per heavy atom. The Hall–Kier alpha value is -1.36. The molecular weight excluding hydrogens is 312 g/mol. The molecule has 0 aliphatic carbocycles. The predicted octanol–water partition coefficient (Wildman–Crippen LogP) is 4.09. The average Bonchev–Trinajstić information content (AvgIpc) is 2.52. The molecule has 114 valence electrons. The largest absolute Gasteiger partial charge is 0.386 e. The molecule has 0 aliphatic rings. The van der Waals surface area contributed by atoms with Gasteiger partial charge in [-0.2, -0.15) is 0 Å². The van der Waals surface area contributed by atoms with Gasteiger partial charge in [0.1, 0.15) is 10.7 Å². The van der Waals surface area contributed by atoms with E-state index in [1.165, 1.54) is 11.8 Å². The smallest absolute Gasteiger partial charge is 0.110 e. The Bertz CT molecular complexity index is 791. The Kier molecular flexibility index (Phi) is 4.52. The number of aliphatic hydroxyl groups excluding tert-OH is 1. The van der Waals surface area contributed by atoms with E-state index < -0.39 is 16.9 Å². The fourth-order valence-electron chi connectivity index (χ4n) is 2.95. The molecule has 3 unspecified atom stereocenters. The molecule has 0 aromatic heterocycles. The highest BCUT2D eigenvalue weighted by atomic mass is 32.2. The average molecular weight is 330 g/mol. The first kappa shape index (κ1) is 15.5. The van der Waals surface area contributed by atoms with E-state index in [1.807, 2.05) is 42.7 Å². The van der Waals surface area contributed by atoms with Crippen LogP contribution in [0.4, 0.5) is 0 Å². The van der Waals surface area contributed by atoms with Crippen molar-refractivity contribution in [3.63, 3.8) is 0 Å². The summed E-state index contributed by atoms with van der Waals surface area (Å²) in [7, 11) is -1.11. The highest BCUT2D eigenvalue weighted by Gasteiger charge is 2.26. The first-order valence-corrected chi connectivity index (χ1v) is 9.98. The van der Waals surface area contributed by atoms with Crippen LogP contribution in [0, 0.1) is 0 Å². The summed E-state index contributed by atoms with van der Waals surface area (Å²) in [6.45, 7) is 0. The van der Waals surface area contributed by atoms with Gasteiger partial charge in [-0.25, -0.2) is 0 Å². The van der Waals surface area contributed by atoms with Crippen molar-refractivity contribution in [1.29, 1.82) is 0 Å². The van der Waals surface area contributed by atoms with Gasteiger partial charge in [-0.1, -0.05) is 48.5 Å². The minimum Gasteiger partial charge on any atom is -0.386 e. The van der Waals surface area contributed by atoms with Gasteiger partial charge in [-0.15, -0.1) is 11.8 Å². The Labute approximate surface area is 137 Å². The third kappa shape index (κ3) is 2.67. The van der Waals surface area contributed by atoms with E-state index in [2.05, 4.69) is 18.2 Å². The second-order valence-corrected chi connectivity index (χ2v) is 8.06. The van der Waals surface area contributed by atoms with Crippen molar-refractivity contribution in [2.24, 2.45) is 0 Å². The molecule has 4 heteroatoms. The normalized spacial score (nSPS) is 15.8. The van der Waals surface area contributed by atoms with Crippen LogP contribution in [0.15, 0.2) is 54.6 Å². The maximum atomic E-state index is 12.0. The van der Waals surface area contributed by atoms with Crippen LogP contribution in [-0.2, 0) is 10.8 Å². The summed E-state index contributed by atoms with van der Waals surface area (Å²) in [6, 6.07) is 18.2. The van der Waals surface area contributed by atoms with Gasteiger partial charge < -0.3 is 5.11 Å². The Balaban J connectivity index is 2.35. The summed E-state index contributed by atoms with van der Waals surface area (Å²) in [5.74, 6) is 0. The summed E-state index contributed by atoms with van der Waals surface area (Å²) in [4.78, 5) is 0. The van der Waals surface area contributed by atoms with Crippen LogP contribution in [0.3, 0.4) is 0 Å². The molecule has 0 saturated heterocycles. The van der Waals surface area contributed by atoms with Crippen molar-refractivity contribution in [3.05, 3.63) is 60.2 Å². The molecule has 2 nitrogen and oxygen atoms in total. The minimum absolute atomic E-state index is 0.339. The minimum atomic E-state index is -1.11. The molecule has 1 N–H and O–H groups in total. The van der Waals surface area contributed by atoms with E-state index in [-0.39, 0.29) is 4.58 Å². The highest BCUT2D eigenvalue weighted by Crippen LogP contribution is 2.37. The molecular formula is C18H18O2S2. The fraction of sp³-hybridized carbons (Fsp3) is 0.222. The molecule has 3 aromatic carbocycles. The van der Waals surface area contributed by atoms with Crippen LogP contribution in [0.1, 0.15) is 11.7 Å². The van der Waals surface area contributed by atoms with E-state index in [4.69, 9.17) is 0 Å². The zero-order valence-corrected chi connectivity index (χ0v) is 14.2. The van der Waals surface area contributed by atoms with E-state index in [0.29, 0.717) is 0 Å². The van der Waals surface area contributed by atoms with Gasteiger partial charge in [0.25, 0.3) is 0 Å². The monoisotopic (exact) mass is 330 g/mol. The van der Waals surface area contributed by atoms with Crippen molar-refractivity contribution < 1.29 is 9.32 Å². The highest BCUT2D eigenvalue weighted by molar-refractivity contribution is 8.10. The van der Waals surface area contributed by atoms with Crippen LogP contribution in [0.25, 0.3) is 21.5 Å². The van der Waals surface area contributed by atoms with Crippen LogP contribution in [0.2, 0.25) is 0 Å². The third-order valence-corrected chi connectivity index (χ3v) is 6.95. The molecule has 22 heavy (non-hydrogen) atoms. The van der Waals surface area contributed by atoms with Crippen LogP contribution in [-0.4, -0.2) is 26.4 Å². The Morgan fingerprint density at radius 3 is 1.95 bits per heavy atom. The summed E-state index contributed by atoms with van der Waals surface area (Å²) in [6.07, 6.45) is 2.78. The van der Waals surface area contributed by atoms with Gasteiger partial charge in [-0.05, 0) is 39.4 Å². The molecule has 0 saturated carbocycles. The zero-order chi connectivity index (χ0) is 15.7. The first-order valence-electron chi connectivity index (χ1n) is 7.07. The molecule has 0 heterocycles. The SMILES string of the molecule is CSC(C(O)c1c2ccccc2cc2ccccc12)S(C)=O. The molecule has 3 atom stereocenters. The Morgan fingerprint density at radius 2 is 1.50 bits per heavy atom. The summed E-state index contributed by atoms with van der Waals surface area (Å²) in [5.41, 5.74) is 0.878. The number of hydrogen-bond acceptors (Lipinski definition) is 3. The van der Waals surface area contributed by atoms with Crippen molar-refractivity contribution in [2.75, 3.05) is 12.5 Å². The lowest BCUT2D eigenvalue weighted by molar-refractivity contribution is 0.198. The van der Waals surface area contributed by atoms with Crippen molar-refractivity contribution in [1.82, 2.24) is 0 Å². The van der Waals surface area contributed by atoms with E-state index in [1.54, 1.807) is 6.26 Å². The maximum absolute atomic E-state index is 12.0. The number of hydrogen-bond donors (Lipinski definition) is 1. The first-order chi connectivity index (χ1) is 10.6. The van der Waals surface area contributed by atoms with E-state index in [9.17, 15) is 9.32 Å². The lowest BCUT2D eigenvalue weighted by atomic mass is 9.94. The molecule has 0 radical (unpaired) electrons. The van der Waals surface area contributed by atoms with Crippen molar-refractivity contribution >= 4 is 44.1 Å². The van der Waals surface area contributed by atoms with Gasteiger partial charge >= 0.3 is 0 Å². The van der Waals surface area contributed by atoms with E-state index in [0.717, 1.165) is 27.1 Å². The number of aliphatic hydroxyl groups is 1.